The summed E-state index contributed by atoms with van der Waals surface area (Å²) in [5, 5.41) is 0. The van der Waals surface area contributed by atoms with E-state index in [9.17, 15) is 0 Å². The molecule has 0 bridgehead atoms. The van der Waals surface area contributed by atoms with E-state index >= 15 is 0 Å². The molecule has 2 unspecified atom stereocenters. The van der Waals surface area contributed by atoms with Gasteiger partial charge in [-0.1, -0.05) is 42.0 Å². The van der Waals surface area contributed by atoms with E-state index in [0.717, 1.165) is 19.4 Å². The van der Waals surface area contributed by atoms with E-state index in [0.29, 0.717) is 5.66 Å². The topological polar surface area (TPSA) is 26.0 Å². The van der Waals surface area contributed by atoms with Crippen LogP contribution in [0.1, 0.15) is 24.0 Å². The van der Waals surface area contributed by atoms with Gasteiger partial charge in [0.25, 0.3) is 0 Å². The molecule has 2 atom stereocenters. The van der Waals surface area contributed by atoms with E-state index in [2.05, 4.69) is 52.6 Å². The van der Waals surface area contributed by atoms with Crippen molar-refractivity contribution in [1.29, 1.82) is 0 Å². The summed E-state index contributed by atoms with van der Waals surface area (Å²) in [7, 11) is 2.85. The van der Waals surface area contributed by atoms with Crippen LogP contribution in [0.5, 0.6) is 0 Å². The predicted molar refractivity (Wildman–Crippen MR) is 72.0 cm³/mol. The molecule has 0 saturated carbocycles. The second-order valence-corrected chi connectivity index (χ2v) is 4.72. The fourth-order valence-electron chi connectivity index (χ4n) is 1.36. The Morgan fingerprint density at radius 1 is 1.33 bits per heavy atom. The zero-order valence-electron chi connectivity index (χ0n) is 9.32. The lowest BCUT2D eigenvalue weighted by atomic mass is 10.1. The highest BCUT2D eigenvalue weighted by atomic mass is 31.0. The molecule has 0 aliphatic rings. The Bertz CT molecular complexity index is 303. The third kappa shape index (κ3) is 5.11. The molecule has 1 rings (SSSR count). The van der Waals surface area contributed by atoms with Crippen molar-refractivity contribution in [2.75, 3.05) is 6.54 Å². The first-order valence-corrected chi connectivity index (χ1v) is 6.09. The van der Waals surface area contributed by atoms with Crippen LogP contribution in [0.15, 0.2) is 30.3 Å². The summed E-state index contributed by atoms with van der Waals surface area (Å²) in [5.41, 5.74) is 8.57. The molecule has 0 heterocycles. The van der Waals surface area contributed by atoms with Gasteiger partial charge in [0, 0.05) is 0 Å². The van der Waals surface area contributed by atoms with Gasteiger partial charge in [-0.3, -0.25) is 0 Å². The van der Waals surface area contributed by atoms with Crippen LogP contribution >= 0.6 is 9.24 Å². The minimum atomic E-state index is 0.537. The Morgan fingerprint density at radius 3 is 2.60 bits per heavy atom. The zero-order valence-corrected chi connectivity index (χ0v) is 10.5. The summed E-state index contributed by atoms with van der Waals surface area (Å²) in [6.07, 6.45) is 6.63. The number of hydrogen-bond acceptors (Lipinski definition) is 1. The Balaban J connectivity index is 2.46. The van der Waals surface area contributed by atoms with Crippen LogP contribution in [0.25, 0.3) is 6.08 Å². The standard InChI is InChI=1S/C13H20NP/c1-11-4-6-12(7-5-11)8-9-13(15)3-2-10-14/h4-9,13H,2-3,10,14-15H2,1H3/b9-8-. The van der Waals surface area contributed by atoms with Gasteiger partial charge in [0.05, 0.1) is 0 Å². The maximum atomic E-state index is 5.47. The zero-order chi connectivity index (χ0) is 11.1. The molecule has 0 amide bonds. The summed E-state index contributed by atoms with van der Waals surface area (Å²) in [4.78, 5) is 0. The number of benzene rings is 1. The highest BCUT2D eigenvalue weighted by molar-refractivity contribution is 7.17. The van der Waals surface area contributed by atoms with Gasteiger partial charge < -0.3 is 5.73 Å². The number of nitrogens with two attached hydrogens (primary N) is 1. The second kappa shape index (κ2) is 6.76. The highest BCUT2D eigenvalue weighted by Crippen LogP contribution is 2.12. The van der Waals surface area contributed by atoms with Crippen LogP contribution in [-0.4, -0.2) is 12.2 Å². The number of hydrogen-bond donors (Lipinski definition) is 1. The number of aryl methyl sites for hydroxylation is 1. The lowest BCUT2D eigenvalue weighted by Gasteiger charge is -2.03. The first kappa shape index (κ1) is 12.4. The van der Waals surface area contributed by atoms with Crippen LogP contribution in [-0.2, 0) is 0 Å². The van der Waals surface area contributed by atoms with Crippen molar-refractivity contribution in [3.8, 4) is 0 Å². The fraction of sp³-hybridized carbons (Fsp3) is 0.385. The summed E-state index contributed by atoms with van der Waals surface area (Å²) in [5.74, 6) is 0. The molecule has 0 radical (unpaired) electrons. The first-order chi connectivity index (χ1) is 7.22. The Labute approximate surface area is 95.0 Å². The van der Waals surface area contributed by atoms with Gasteiger partial charge in [0.15, 0.2) is 0 Å². The van der Waals surface area contributed by atoms with Crippen LogP contribution in [0.3, 0.4) is 0 Å². The Hall–Kier alpha value is -0.650. The largest absolute Gasteiger partial charge is 0.330 e. The monoisotopic (exact) mass is 221 g/mol. The molecule has 82 valence electrons. The molecule has 0 saturated heterocycles. The normalized spacial score (nSPS) is 13.3. The van der Waals surface area contributed by atoms with E-state index in [4.69, 9.17) is 5.73 Å². The van der Waals surface area contributed by atoms with Crippen molar-refractivity contribution < 1.29 is 0 Å². The SMILES string of the molecule is Cc1ccc(/C=C\C(P)CCCN)cc1. The lowest BCUT2D eigenvalue weighted by Crippen LogP contribution is -2.02. The van der Waals surface area contributed by atoms with Gasteiger partial charge in [0.2, 0.25) is 0 Å². The minimum absolute atomic E-state index is 0.537. The summed E-state index contributed by atoms with van der Waals surface area (Å²) < 4.78 is 0. The van der Waals surface area contributed by atoms with Crippen molar-refractivity contribution in [2.24, 2.45) is 5.73 Å². The van der Waals surface area contributed by atoms with Gasteiger partial charge >= 0.3 is 0 Å². The van der Waals surface area contributed by atoms with Gasteiger partial charge in [0.1, 0.15) is 0 Å². The molecule has 2 N–H and O–H groups in total. The van der Waals surface area contributed by atoms with Crippen LogP contribution in [0.2, 0.25) is 0 Å². The van der Waals surface area contributed by atoms with E-state index < -0.39 is 0 Å². The molecule has 0 aliphatic heterocycles. The molecule has 0 aromatic heterocycles. The molecule has 2 heteroatoms. The fourth-order valence-corrected chi connectivity index (χ4v) is 1.71. The van der Waals surface area contributed by atoms with Crippen LogP contribution in [0.4, 0.5) is 0 Å². The Morgan fingerprint density at radius 2 is 2.00 bits per heavy atom. The Kier molecular flexibility index (Phi) is 5.60. The van der Waals surface area contributed by atoms with E-state index in [1.165, 1.54) is 11.1 Å². The summed E-state index contributed by atoms with van der Waals surface area (Å²) >= 11 is 0. The minimum Gasteiger partial charge on any atom is -0.330 e. The number of allylic oxidation sites excluding steroid dienone is 1. The maximum Gasteiger partial charge on any atom is -0.00769 e. The molecular weight excluding hydrogens is 201 g/mol. The highest BCUT2D eigenvalue weighted by Gasteiger charge is 1.95. The molecule has 0 fully saturated rings. The summed E-state index contributed by atoms with van der Waals surface area (Å²) in [6, 6.07) is 8.56. The first-order valence-electron chi connectivity index (χ1n) is 5.43. The maximum absolute atomic E-state index is 5.47. The molecule has 0 aliphatic carbocycles. The third-order valence-corrected chi connectivity index (χ3v) is 2.91. The third-order valence-electron chi connectivity index (χ3n) is 2.35. The van der Waals surface area contributed by atoms with Crippen LogP contribution < -0.4 is 5.73 Å². The molecule has 0 spiro atoms. The van der Waals surface area contributed by atoms with Crippen molar-refractivity contribution >= 4 is 15.3 Å². The predicted octanol–water partition coefficient (Wildman–Crippen LogP) is 2.99. The van der Waals surface area contributed by atoms with Gasteiger partial charge in [-0.05, 0) is 37.5 Å². The van der Waals surface area contributed by atoms with Crippen LogP contribution in [0, 0.1) is 6.92 Å². The van der Waals surface area contributed by atoms with E-state index in [1.807, 2.05) is 0 Å². The average molecular weight is 221 g/mol. The van der Waals surface area contributed by atoms with E-state index in [1.54, 1.807) is 0 Å². The van der Waals surface area contributed by atoms with E-state index in [-0.39, 0.29) is 0 Å². The second-order valence-electron chi connectivity index (χ2n) is 3.86. The summed E-state index contributed by atoms with van der Waals surface area (Å²) in [6.45, 7) is 2.89. The molecule has 1 aromatic rings. The van der Waals surface area contributed by atoms with Crippen molar-refractivity contribution in [3.63, 3.8) is 0 Å². The molecule has 1 aromatic carbocycles. The van der Waals surface area contributed by atoms with Crippen molar-refractivity contribution in [3.05, 3.63) is 41.5 Å². The van der Waals surface area contributed by atoms with Gasteiger partial charge in [-0.25, -0.2) is 0 Å². The molecule has 15 heavy (non-hydrogen) atoms. The smallest absolute Gasteiger partial charge is 0.00769 e. The van der Waals surface area contributed by atoms with Crippen molar-refractivity contribution in [2.45, 2.75) is 25.4 Å². The number of rotatable bonds is 5. The van der Waals surface area contributed by atoms with Gasteiger partial charge in [-0.15, -0.1) is 9.24 Å². The average Bonchev–Trinajstić information content (AvgIpc) is 2.25. The quantitative estimate of drug-likeness (QED) is 0.760. The van der Waals surface area contributed by atoms with Crippen molar-refractivity contribution in [1.82, 2.24) is 0 Å². The van der Waals surface area contributed by atoms with Gasteiger partial charge in [-0.2, -0.15) is 0 Å². The lowest BCUT2D eigenvalue weighted by molar-refractivity contribution is 0.769. The molecular formula is C13H20NP. The molecule has 1 nitrogen and oxygen atoms in total.